The van der Waals surface area contributed by atoms with E-state index in [2.05, 4.69) is 12.1 Å². The molecule has 0 aromatic heterocycles. The third kappa shape index (κ3) is 2.44. The van der Waals surface area contributed by atoms with Crippen LogP contribution >= 0.6 is 10.7 Å². The van der Waals surface area contributed by atoms with Crippen LogP contribution in [0.5, 0.6) is 0 Å². The third-order valence-corrected chi connectivity index (χ3v) is 6.44. The van der Waals surface area contributed by atoms with Crippen LogP contribution in [0.3, 0.4) is 0 Å². The summed E-state index contributed by atoms with van der Waals surface area (Å²) in [6, 6.07) is 14.1. The maximum Gasteiger partial charge on any atom is 0.237 e. The van der Waals surface area contributed by atoms with E-state index in [1.54, 1.807) is 0 Å². The highest BCUT2D eigenvalue weighted by Gasteiger charge is 2.38. The van der Waals surface area contributed by atoms with Crippen molar-refractivity contribution < 1.29 is 13.2 Å². The summed E-state index contributed by atoms with van der Waals surface area (Å²) >= 11 is 0. The highest BCUT2D eigenvalue weighted by Crippen LogP contribution is 2.39. The van der Waals surface area contributed by atoms with Gasteiger partial charge in [0.1, 0.15) is 5.25 Å². The fraction of sp³-hybridized carbons (Fsp3) is 0.235. The van der Waals surface area contributed by atoms with Gasteiger partial charge in [-0.3, -0.25) is 4.79 Å². The number of fused-ring (bicyclic) bond motifs is 3. The van der Waals surface area contributed by atoms with Crippen LogP contribution in [0.25, 0.3) is 11.1 Å². The van der Waals surface area contributed by atoms with Gasteiger partial charge in [0.15, 0.2) is 0 Å². The first-order chi connectivity index (χ1) is 10.9. The van der Waals surface area contributed by atoms with E-state index < -0.39 is 14.3 Å². The molecule has 1 heterocycles. The number of carbonyl (C=O) groups is 1. The molecule has 1 amide bonds. The Bertz CT molecular complexity index is 923. The van der Waals surface area contributed by atoms with Gasteiger partial charge in [-0.15, -0.1) is 0 Å². The monoisotopic (exact) mass is 347 g/mol. The number of amides is 1. The van der Waals surface area contributed by atoms with Gasteiger partial charge in [-0.05, 0) is 40.8 Å². The standard InChI is InChI=1S/C17H14ClNO3S/c18-23(21,22)14-9-17(20)19(10-14)13-5-6-16-12(8-13)7-11-3-1-2-4-15(11)16/h1-6,8,14H,7,9-10H2. The topological polar surface area (TPSA) is 54.5 Å². The summed E-state index contributed by atoms with van der Waals surface area (Å²) < 4.78 is 23.0. The quantitative estimate of drug-likeness (QED) is 0.670. The number of rotatable bonds is 2. The SMILES string of the molecule is O=C1CC(S(=O)(=O)Cl)CN1c1ccc2c(c1)Cc1ccccc1-2. The van der Waals surface area contributed by atoms with Crippen LogP contribution in [-0.4, -0.2) is 26.1 Å². The van der Waals surface area contributed by atoms with Crippen molar-refractivity contribution >= 4 is 31.3 Å². The van der Waals surface area contributed by atoms with Crippen molar-refractivity contribution in [2.45, 2.75) is 18.1 Å². The van der Waals surface area contributed by atoms with E-state index in [-0.39, 0.29) is 18.9 Å². The van der Waals surface area contributed by atoms with Gasteiger partial charge in [0.2, 0.25) is 15.0 Å². The molecule has 1 aliphatic carbocycles. The van der Waals surface area contributed by atoms with Crippen molar-refractivity contribution in [3.05, 3.63) is 53.6 Å². The van der Waals surface area contributed by atoms with Crippen molar-refractivity contribution in [2.75, 3.05) is 11.4 Å². The minimum atomic E-state index is -3.72. The van der Waals surface area contributed by atoms with E-state index in [9.17, 15) is 13.2 Å². The zero-order chi connectivity index (χ0) is 16.2. The van der Waals surface area contributed by atoms with Crippen LogP contribution in [0.4, 0.5) is 5.69 Å². The molecule has 2 aromatic rings. The number of nitrogens with zero attached hydrogens (tertiary/aromatic N) is 1. The summed E-state index contributed by atoms with van der Waals surface area (Å²) in [6.45, 7) is 0.121. The Labute approximate surface area is 139 Å². The Hall–Kier alpha value is -1.85. The van der Waals surface area contributed by atoms with Crippen LogP contribution in [0, 0.1) is 0 Å². The van der Waals surface area contributed by atoms with Crippen LogP contribution < -0.4 is 4.90 Å². The van der Waals surface area contributed by atoms with Crippen LogP contribution in [-0.2, 0) is 20.3 Å². The van der Waals surface area contributed by atoms with Gasteiger partial charge < -0.3 is 4.90 Å². The van der Waals surface area contributed by atoms with Gasteiger partial charge in [-0.1, -0.05) is 30.3 Å². The smallest absolute Gasteiger partial charge is 0.237 e. The van der Waals surface area contributed by atoms with Crippen LogP contribution in [0.15, 0.2) is 42.5 Å². The second-order valence-electron chi connectivity index (χ2n) is 5.98. The Morgan fingerprint density at radius 1 is 1.04 bits per heavy atom. The predicted octanol–water partition coefficient (Wildman–Crippen LogP) is 2.93. The minimum Gasteiger partial charge on any atom is -0.311 e. The first kappa shape index (κ1) is 14.7. The molecule has 0 bridgehead atoms. The number of halogens is 1. The lowest BCUT2D eigenvalue weighted by Crippen LogP contribution is -2.26. The summed E-state index contributed by atoms with van der Waals surface area (Å²) in [4.78, 5) is 13.7. The fourth-order valence-electron chi connectivity index (χ4n) is 3.41. The van der Waals surface area contributed by atoms with Gasteiger partial charge in [-0.25, -0.2) is 8.42 Å². The van der Waals surface area contributed by atoms with Gasteiger partial charge in [0, 0.05) is 29.3 Å². The zero-order valence-corrected chi connectivity index (χ0v) is 13.8. The molecular formula is C17H14ClNO3S. The van der Waals surface area contributed by atoms with Crippen molar-refractivity contribution in [1.82, 2.24) is 0 Å². The van der Waals surface area contributed by atoms with E-state index in [1.165, 1.54) is 21.6 Å². The van der Waals surface area contributed by atoms with Crippen molar-refractivity contribution in [1.29, 1.82) is 0 Å². The second kappa shape index (κ2) is 5.08. The molecule has 1 unspecified atom stereocenters. The largest absolute Gasteiger partial charge is 0.311 e. The fourth-order valence-corrected chi connectivity index (χ4v) is 4.44. The third-order valence-electron chi connectivity index (χ3n) is 4.58. The first-order valence-corrected chi connectivity index (χ1v) is 9.76. The van der Waals surface area contributed by atoms with Gasteiger partial charge >= 0.3 is 0 Å². The zero-order valence-electron chi connectivity index (χ0n) is 12.2. The highest BCUT2D eigenvalue weighted by molar-refractivity contribution is 8.14. The molecule has 0 N–H and O–H groups in total. The summed E-state index contributed by atoms with van der Waals surface area (Å²) in [7, 11) is 1.68. The van der Waals surface area contributed by atoms with E-state index in [0.717, 1.165) is 17.7 Å². The molecule has 1 saturated heterocycles. The Balaban J connectivity index is 1.68. The molecule has 23 heavy (non-hydrogen) atoms. The van der Waals surface area contributed by atoms with Crippen molar-refractivity contribution in [3.8, 4) is 11.1 Å². The molecule has 4 nitrogen and oxygen atoms in total. The molecule has 0 radical (unpaired) electrons. The lowest BCUT2D eigenvalue weighted by molar-refractivity contribution is -0.117. The van der Waals surface area contributed by atoms with E-state index >= 15 is 0 Å². The summed E-state index contributed by atoms with van der Waals surface area (Å²) in [5, 5.41) is -0.831. The average molecular weight is 348 g/mol. The molecule has 6 heteroatoms. The molecular weight excluding hydrogens is 334 g/mol. The first-order valence-electron chi connectivity index (χ1n) is 7.38. The van der Waals surface area contributed by atoms with Crippen LogP contribution in [0.1, 0.15) is 17.5 Å². The van der Waals surface area contributed by atoms with Gasteiger partial charge in [-0.2, -0.15) is 0 Å². The average Bonchev–Trinajstić information content (AvgIpc) is 3.06. The van der Waals surface area contributed by atoms with E-state index in [1.807, 2.05) is 30.3 Å². The summed E-state index contributed by atoms with van der Waals surface area (Å²) in [5.74, 6) is -0.199. The molecule has 1 atom stereocenters. The maximum absolute atomic E-state index is 12.2. The molecule has 0 spiro atoms. The molecule has 1 fully saturated rings. The second-order valence-corrected chi connectivity index (χ2v) is 8.89. The van der Waals surface area contributed by atoms with Gasteiger partial charge in [0.25, 0.3) is 0 Å². The molecule has 4 rings (SSSR count). The van der Waals surface area contributed by atoms with Crippen molar-refractivity contribution in [3.63, 3.8) is 0 Å². The molecule has 1 aliphatic heterocycles. The normalized spacial score (nSPS) is 19.8. The molecule has 0 saturated carbocycles. The van der Waals surface area contributed by atoms with E-state index in [0.29, 0.717) is 0 Å². The minimum absolute atomic E-state index is 0.0524. The number of anilines is 1. The predicted molar refractivity (Wildman–Crippen MR) is 90.2 cm³/mol. The summed E-state index contributed by atoms with van der Waals surface area (Å²) in [6.07, 6.45) is 0.780. The number of hydrogen-bond donors (Lipinski definition) is 0. The Morgan fingerprint density at radius 3 is 2.52 bits per heavy atom. The Kier molecular flexibility index (Phi) is 3.25. The molecule has 2 aromatic carbocycles. The Morgan fingerprint density at radius 2 is 1.78 bits per heavy atom. The number of benzene rings is 2. The lowest BCUT2D eigenvalue weighted by Gasteiger charge is -2.17. The maximum atomic E-state index is 12.2. The number of hydrogen-bond acceptors (Lipinski definition) is 3. The van der Waals surface area contributed by atoms with Crippen molar-refractivity contribution in [2.24, 2.45) is 0 Å². The lowest BCUT2D eigenvalue weighted by atomic mass is 10.1. The molecule has 118 valence electrons. The molecule has 2 aliphatic rings. The van der Waals surface area contributed by atoms with E-state index in [4.69, 9.17) is 10.7 Å². The summed E-state index contributed by atoms with van der Waals surface area (Å²) in [5.41, 5.74) is 5.58. The number of carbonyl (C=O) groups excluding carboxylic acids is 1. The van der Waals surface area contributed by atoms with Crippen LogP contribution in [0.2, 0.25) is 0 Å². The highest BCUT2D eigenvalue weighted by atomic mass is 35.7. The van der Waals surface area contributed by atoms with Gasteiger partial charge in [0.05, 0.1) is 0 Å².